The predicted octanol–water partition coefficient (Wildman–Crippen LogP) is 4.54. The Labute approximate surface area is 121 Å². The van der Waals surface area contributed by atoms with Gasteiger partial charge >= 0.3 is 0 Å². The highest BCUT2D eigenvalue weighted by Gasteiger charge is 2.15. The van der Waals surface area contributed by atoms with Crippen molar-refractivity contribution < 1.29 is 0 Å². The van der Waals surface area contributed by atoms with E-state index in [2.05, 4.69) is 36.6 Å². The van der Waals surface area contributed by atoms with E-state index in [1.165, 1.54) is 16.6 Å². The molecule has 0 fully saturated rings. The molecule has 0 radical (unpaired) electrons. The summed E-state index contributed by atoms with van der Waals surface area (Å²) in [4.78, 5) is 6.92. The topological polar surface area (TPSA) is 38.7 Å². The van der Waals surface area contributed by atoms with Crippen molar-refractivity contribution in [2.24, 2.45) is 0 Å². The van der Waals surface area contributed by atoms with Gasteiger partial charge in [0, 0.05) is 16.6 Å². The maximum absolute atomic E-state index is 4.60. The lowest BCUT2D eigenvalue weighted by atomic mass is 10.1. The number of rotatable bonds is 2. The summed E-state index contributed by atoms with van der Waals surface area (Å²) < 4.78 is 8.87. The van der Waals surface area contributed by atoms with Gasteiger partial charge in [-0.2, -0.15) is 8.75 Å². The van der Waals surface area contributed by atoms with Crippen molar-refractivity contribution in [1.82, 2.24) is 13.7 Å². The summed E-state index contributed by atoms with van der Waals surface area (Å²) in [6.45, 7) is 0. The lowest BCUT2D eigenvalue weighted by molar-refractivity contribution is 1.36. The Morgan fingerprint density at radius 2 is 1.58 bits per heavy atom. The highest BCUT2D eigenvalue weighted by Crippen LogP contribution is 2.35. The molecule has 0 aliphatic rings. The van der Waals surface area contributed by atoms with Crippen LogP contribution in [0.3, 0.4) is 0 Å². The van der Waals surface area contributed by atoms with E-state index in [4.69, 9.17) is 0 Å². The summed E-state index contributed by atoms with van der Waals surface area (Å²) in [7, 11) is 0. The van der Waals surface area contributed by atoms with Crippen molar-refractivity contribution in [3.63, 3.8) is 0 Å². The minimum absolute atomic E-state index is 0.901. The van der Waals surface area contributed by atoms with Gasteiger partial charge in [-0.3, -0.25) is 4.98 Å². The fourth-order valence-electron chi connectivity index (χ4n) is 1.98. The fourth-order valence-corrected chi connectivity index (χ4v) is 4.00. The van der Waals surface area contributed by atoms with Gasteiger partial charge in [-0.05, 0) is 22.9 Å². The molecule has 0 unspecified atom stereocenters. The molecule has 0 atom stereocenters. The zero-order chi connectivity index (χ0) is 12.7. The maximum Gasteiger partial charge on any atom is 0.132 e. The molecule has 0 saturated heterocycles. The smallest absolute Gasteiger partial charge is 0.132 e. The number of pyridine rings is 1. The first-order valence-corrected chi connectivity index (χ1v) is 8.11. The van der Waals surface area contributed by atoms with Crippen LogP contribution in [-0.2, 0) is 0 Å². The second kappa shape index (κ2) is 4.48. The van der Waals surface area contributed by atoms with Crippen LogP contribution in [0.25, 0.3) is 32.0 Å². The molecule has 6 heteroatoms. The standard InChI is InChI=1S/C13H7N3S3/c1-3-9(17-5-1)8-7-14-12(10-4-2-6-18-10)13-11(8)15-19-16-13/h1-7H. The predicted molar refractivity (Wildman–Crippen MR) is 81.8 cm³/mol. The molecule has 0 aliphatic heterocycles. The van der Waals surface area contributed by atoms with Gasteiger partial charge in [-0.1, -0.05) is 12.1 Å². The van der Waals surface area contributed by atoms with E-state index in [1.807, 2.05) is 18.3 Å². The first-order valence-electron chi connectivity index (χ1n) is 5.62. The Morgan fingerprint density at radius 3 is 2.32 bits per heavy atom. The summed E-state index contributed by atoms with van der Waals surface area (Å²) in [6, 6.07) is 8.22. The zero-order valence-corrected chi connectivity index (χ0v) is 12.1. The van der Waals surface area contributed by atoms with Gasteiger partial charge in [0.2, 0.25) is 0 Å². The van der Waals surface area contributed by atoms with Gasteiger partial charge in [0.25, 0.3) is 0 Å². The minimum atomic E-state index is 0.901. The second-order valence-corrected chi connectivity index (χ2v) is 6.36. The Balaban J connectivity index is 2.01. The number of aromatic nitrogens is 3. The van der Waals surface area contributed by atoms with E-state index in [9.17, 15) is 0 Å². The average Bonchev–Trinajstić information content (AvgIpc) is 3.19. The number of hydrogen-bond donors (Lipinski definition) is 0. The minimum Gasteiger partial charge on any atom is -0.252 e. The van der Waals surface area contributed by atoms with Crippen LogP contribution in [0, 0.1) is 0 Å². The normalized spacial score (nSPS) is 11.2. The molecule has 4 aromatic rings. The largest absolute Gasteiger partial charge is 0.252 e. The molecule has 92 valence electrons. The lowest BCUT2D eigenvalue weighted by Crippen LogP contribution is -1.86. The van der Waals surface area contributed by atoms with E-state index in [1.54, 1.807) is 22.7 Å². The summed E-state index contributed by atoms with van der Waals surface area (Å²) in [5.74, 6) is 0. The molecular formula is C13H7N3S3. The van der Waals surface area contributed by atoms with Crippen molar-refractivity contribution in [2.45, 2.75) is 0 Å². The van der Waals surface area contributed by atoms with E-state index in [-0.39, 0.29) is 0 Å². The van der Waals surface area contributed by atoms with Crippen molar-refractivity contribution in [2.75, 3.05) is 0 Å². The van der Waals surface area contributed by atoms with Crippen LogP contribution in [0.1, 0.15) is 0 Å². The van der Waals surface area contributed by atoms with E-state index < -0.39 is 0 Å². The molecular weight excluding hydrogens is 294 g/mol. The van der Waals surface area contributed by atoms with Crippen LogP contribution in [0.4, 0.5) is 0 Å². The third-order valence-corrected chi connectivity index (χ3v) is 5.14. The van der Waals surface area contributed by atoms with Crippen LogP contribution >= 0.6 is 34.4 Å². The Hall–Kier alpha value is -1.63. The molecule has 0 amide bonds. The monoisotopic (exact) mass is 301 g/mol. The summed E-state index contributed by atoms with van der Waals surface area (Å²) in [5.41, 5.74) is 3.85. The van der Waals surface area contributed by atoms with Crippen LogP contribution in [0.2, 0.25) is 0 Å². The van der Waals surface area contributed by atoms with Crippen LogP contribution in [-0.4, -0.2) is 13.7 Å². The molecule has 0 aromatic carbocycles. The van der Waals surface area contributed by atoms with Crippen molar-refractivity contribution in [1.29, 1.82) is 0 Å². The molecule has 4 rings (SSSR count). The average molecular weight is 301 g/mol. The summed E-state index contributed by atoms with van der Waals surface area (Å²) in [5, 5.41) is 4.12. The zero-order valence-electron chi connectivity index (χ0n) is 9.61. The third kappa shape index (κ3) is 1.80. The third-order valence-electron chi connectivity index (χ3n) is 2.83. The summed E-state index contributed by atoms with van der Waals surface area (Å²) in [6.07, 6.45) is 1.91. The lowest BCUT2D eigenvalue weighted by Gasteiger charge is -2.02. The molecule has 0 spiro atoms. The van der Waals surface area contributed by atoms with Gasteiger partial charge in [-0.15, -0.1) is 22.7 Å². The van der Waals surface area contributed by atoms with Gasteiger partial charge in [0.15, 0.2) is 0 Å². The highest BCUT2D eigenvalue weighted by atomic mass is 32.1. The van der Waals surface area contributed by atoms with Crippen molar-refractivity contribution in [3.05, 3.63) is 41.2 Å². The van der Waals surface area contributed by atoms with E-state index >= 15 is 0 Å². The van der Waals surface area contributed by atoms with Crippen molar-refractivity contribution >= 4 is 45.4 Å². The molecule has 4 heterocycles. The molecule has 0 N–H and O–H groups in total. The first kappa shape index (κ1) is 11.2. The summed E-state index contributed by atoms with van der Waals surface area (Å²) >= 11 is 4.62. The highest BCUT2D eigenvalue weighted by molar-refractivity contribution is 7.14. The van der Waals surface area contributed by atoms with Crippen molar-refractivity contribution in [3.8, 4) is 21.0 Å². The van der Waals surface area contributed by atoms with E-state index in [0.29, 0.717) is 0 Å². The van der Waals surface area contributed by atoms with Gasteiger partial charge in [0.05, 0.1) is 16.6 Å². The van der Waals surface area contributed by atoms with Crippen LogP contribution in [0.15, 0.2) is 41.2 Å². The number of hydrogen-bond acceptors (Lipinski definition) is 6. The number of fused-ring (bicyclic) bond motifs is 1. The Kier molecular flexibility index (Phi) is 2.65. The molecule has 0 aliphatic carbocycles. The van der Waals surface area contributed by atoms with Crippen LogP contribution < -0.4 is 0 Å². The SMILES string of the molecule is c1csc(-c2cnc(-c3cccs3)c3nsnc23)c1. The molecule has 19 heavy (non-hydrogen) atoms. The van der Waals surface area contributed by atoms with E-state index in [0.717, 1.165) is 27.2 Å². The molecule has 4 aromatic heterocycles. The van der Waals surface area contributed by atoms with Crippen LogP contribution in [0.5, 0.6) is 0 Å². The number of nitrogens with zero attached hydrogens (tertiary/aromatic N) is 3. The quantitative estimate of drug-likeness (QED) is 0.545. The Bertz CT molecular complexity index is 748. The molecule has 0 bridgehead atoms. The molecule has 0 saturated carbocycles. The van der Waals surface area contributed by atoms with Gasteiger partial charge < -0.3 is 0 Å². The molecule has 3 nitrogen and oxygen atoms in total. The van der Waals surface area contributed by atoms with Gasteiger partial charge in [0.1, 0.15) is 16.7 Å². The fraction of sp³-hybridized carbons (Fsp3) is 0. The Morgan fingerprint density at radius 1 is 0.842 bits per heavy atom. The number of thiophene rings is 2. The van der Waals surface area contributed by atoms with Gasteiger partial charge in [-0.25, -0.2) is 0 Å². The second-order valence-electron chi connectivity index (χ2n) is 3.94. The first-order chi connectivity index (χ1) is 9.43. The maximum atomic E-state index is 4.60.